The molecular formula is C12H17ClFN. The lowest BCUT2D eigenvalue weighted by Crippen LogP contribution is -2.13. The van der Waals surface area contributed by atoms with E-state index in [2.05, 4.69) is 19.2 Å². The topological polar surface area (TPSA) is 12.0 Å². The van der Waals surface area contributed by atoms with Crippen molar-refractivity contribution in [3.05, 3.63) is 29.0 Å². The predicted molar refractivity (Wildman–Crippen MR) is 64.0 cm³/mol. The highest BCUT2D eigenvalue weighted by Gasteiger charge is 2.06. The van der Waals surface area contributed by atoms with E-state index in [9.17, 15) is 4.39 Å². The van der Waals surface area contributed by atoms with Crippen molar-refractivity contribution in [3.63, 3.8) is 0 Å². The number of hydrogen-bond acceptors (Lipinski definition) is 1. The molecule has 15 heavy (non-hydrogen) atoms. The second-order valence-corrected chi connectivity index (χ2v) is 4.12. The lowest BCUT2D eigenvalue weighted by Gasteiger charge is -2.14. The largest absolute Gasteiger partial charge is 0.382 e. The van der Waals surface area contributed by atoms with Crippen LogP contribution in [0.3, 0.4) is 0 Å². The van der Waals surface area contributed by atoms with E-state index in [1.165, 1.54) is 6.07 Å². The smallest absolute Gasteiger partial charge is 0.146 e. The van der Waals surface area contributed by atoms with Gasteiger partial charge in [0.15, 0.2) is 0 Å². The standard InChI is InChI=1S/C12H17ClFN/c1-3-9(4-2)8-15-12-7-10(13)5-6-11(12)14/h5-7,9,15H,3-4,8H2,1-2H3. The Hall–Kier alpha value is -0.760. The average molecular weight is 230 g/mol. The molecule has 1 aromatic carbocycles. The molecule has 84 valence electrons. The van der Waals surface area contributed by atoms with Crippen molar-refractivity contribution in [2.75, 3.05) is 11.9 Å². The molecule has 0 amide bonds. The van der Waals surface area contributed by atoms with Gasteiger partial charge in [0.1, 0.15) is 5.82 Å². The molecule has 0 saturated heterocycles. The summed E-state index contributed by atoms with van der Waals surface area (Å²) >= 11 is 5.79. The van der Waals surface area contributed by atoms with Crippen molar-refractivity contribution < 1.29 is 4.39 Å². The zero-order valence-electron chi connectivity index (χ0n) is 9.19. The van der Waals surface area contributed by atoms with Crippen LogP contribution in [0.5, 0.6) is 0 Å². The van der Waals surface area contributed by atoms with E-state index in [1.807, 2.05) is 0 Å². The molecule has 0 atom stereocenters. The molecule has 0 aromatic heterocycles. The molecule has 0 aliphatic rings. The average Bonchev–Trinajstić information content (AvgIpc) is 2.24. The van der Waals surface area contributed by atoms with Crippen LogP contribution in [0.1, 0.15) is 26.7 Å². The molecule has 0 bridgehead atoms. The summed E-state index contributed by atoms with van der Waals surface area (Å²) in [6, 6.07) is 4.57. The van der Waals surface area contributed by atoms with Crippen molar-refractivity contribution in [1.82, 2.24) is 0 Å². The summed E-state index contributed by atoms with van der Waals surface area (Å²) in [7, 11) is 0. The number of nitrogens with one attached hydrogen (secondary N) is 1. The molecule has 0 spiro atoms. The summed E-state index contributed by atoms with van der Waals surface area (Å²) in [5.41, 5.74) is 0.495. The van der Waals surface area contributed by atoms with E-state index in [4.69, 9.17) is 11.6 Å². The second kappa shape index (κ2) is 5.96. The van der Waals surface area contributed by atoms with Gasteiger partial charge in [0.25, 0.3) is 0 Å². The van der Waals surface area contributed by atoms with Crippen LogP contribution in [0.15, 0.2) is 18.2 Å². The number of anilines is 1. The first-order valence-electron chi connectivity index (χ1n) is 5.36. The molecular weight excluding hydrogens is 213 g/mol. The highest BCUT2D eigenvalue weighted by molar-refractivity contribution is 6.30. The van der Waals surface area contributed by atoms with Gasteiger partial charge in [-0.25, -0.2) is 4.39 Å². The normalized spacial score (nSPS) is 10.7. The zero-order chi connectivity index (χ0) is 11.3. The fourth-order valence-electron chi connectivity index (χ4n) is 1.46. The number of benzene rings is 1. The minimum absolute atomic E-state index is 0.245. The predicted octanol–water partition coefficient (Wildman–Crippen LogP) is 4.33. The maximum Gasteiger partial charge on any atom is 0.146 e. The molecule has 0 unspecified atom stereocenters. The van der Waals surface area contributed by atoms with Gasteiger partial charge in [-0.15, -0.1) is 0 Å². The molecule has 1 N–H and O–H groups in total. The van der Waals surface area contributed by atoms with Gasteiger partial charge >= 0.3 is 0 Å². The van der Waals surface area contributed by atoms with Crippen molar-refractivity contribution >= 4 is 17.3 Å². The van der Waals surface area contributed by atoms with E-state index < -0.39 is 0 Å². The van der Waals surface area contributed by atoms with Crippen LogP contribution >= 0.6 is 11.6 Å². The third-order valence-corrected chi connectivity index (χ3v) is 2.90. The number of hydrogen-bond donors (Lipinski definition) is 1. The van der Waals surface area contributed by atoms with Gasteiger partial charge in [0, 0.05) is 11.6 Å². The van der Waals surface area contributed by atoms with Crippen LogP contribution in [0.2, 0.25) is 5.02 Å². The lowest BCUT2D eigenvalue weighted by molar-refractivity contribution is 0.517. The number of halogens is 2. The van der Waals surface area contributed by atoms with Crippen LogP contribution in [0, 0.1) is 11.7 Å². The van der Waals surface area contributed by atoms with Crippen molar-refractivity contribution in [2.24, 2.45) is 5.92 Å². The highest BCUT2D eigenvalue weighted by atomic mass is 35.5. The van der Waals surface area contributed by atoms with Crippen molar-refractivity contribution in [2.45, 2.75) is 26.7 Å². The Labute approximate surface area is 95.6 Å². The highest BCUT2D eigenvalue weighted by Crippen LogP contribution is 2.20. The second-order valence-electron chi connectivity index (χ2n) is 3.69. The van der Waals surface area contributed by atoms with E-state index in [0.717, 1.165) is 19.4 Å². The van der Waals surface area contributed by atoms with Gasteiger partial charge in [-0.05, 0) is 24.1 Å². The van der Waals surface area contributed by atoms with Gasteiger partial charge in [-0.2, -0.15) is 0 Å². The maximum atomic E-state index is 13.3. The Kier molecular flexibility index (Phi) is 4.89. The third kappa shape index (κ3) is 3.71. The van der Waals surface area contributed by atoms with Crippen LogP contribution in [0.4, 0.5) is 10.1 Å². The molecule has 1 nitrogen and oxygen atoms in total. The molecule has 0 aliphatic carbocycles. The first kappa shape index (κ1) is 12.3. The molecule has 3 heteroatoms. The summed E-state index contributed by atoms with van der Waals surface area (Å²) in [5, 5.41) is 3.65. The minimum Gasteiger partial charge on any atom is -0.382 e. The maximum absolute atomic E-state index is 13.3. The van der Waals surface area contributed by atoms with Crippen molar-refractivity contribution in [1.29, 1.82) is 0 Å². The first-order chi connectivity index (χ1) is 7.17. The summed E-state index contributed by atoms with van der Waals surface area (Å²) in [6.07, 6.45) is 2.21. The van der Waals surface area contributed by atoms with Crippen LogP contribution in [-0.2, 0) is 0 Å². The Morgan fingerprint density at radius 2 is 2.00 bits per heavy atom. The third-order valence-electron chi connectivity index (χ3n) is 2.66. The summed E-state index contributed by atoms with van der Waals surface area (Å²) in [4.78, 5) is 0. The Morgan fingerprint density at radius 1 is 1.33 bits per heavy atom. The first-order valence-corrected chi connectivity index (χ1v) is 5.74. The minimum atomic E-state index is -0.245. The number of rotatable bonds is 5. The van der Waals surface area contributed by atoms with Gasteiger partial charge in [-0.1, -0.05) is 38.3 Å². The van der Waals surface area contributed by atoms with E-state index in [-0.39, 0.29) is 5.82 Å². The van der Waals surface area contributed by atoms with Gasteiger partial charge in [0.05, 0.1) is 5.69 Å². The van der Waals surface area contributed by atoms with Gasteiger partial charge in [0.2, 0.25) is 0 Å². The molecule has 1 rings (SSSR count). The molecule has 1 aromatic rings. The fourth-order valence-corrected chi connectivity index (χ4v) is 1.64. The zero-order valence-corrected chi connectivity index (χ0v) is 9.94. The van der Waals surface area contributed by atoms with Crippen LogP contribution < -0.4 is 5.32 Å². The lowest BCUT2D eigenvalue weighted by atomic mass is 10.0. The quantitative estimate of drug-likeness (QED) is 0.793. The molecule has 0 saturated carbocycles. The SMILES string of the molecule is CCC(CC)CNc1cc(Cl)ccc1F. The van der Waals surface area contributed by atoms with E-state index >= 15 is 0 Å². The molecule has 0 radical (unpaired) electrons. The monoisotopic (exact) mass is 229 g/mol. The van der Waals surface area contributed by atoms with E-state index in [1.54, 1.807) is 12.1 Å². The Morgan fingerprint density at radius 3 is 2.60 bits per heavy atom. The summed E-state index contributed by atoms with van der Waals surface area (Å²) in [5.74, 6) is 0.341. The van der Waals surface area contributed by atoms with Crippen LogP contribution in [0.25, 0.3) is 0 Å². The van der Waals surface area contributed by atoms with E-state index in [0.29, 0.717) is 16.6 Å². The summed E-state index contributed by atoms with van der Waals surface area (Å²) in [6.45, 7) is 5.08. The Balaban J connectivity index is 2.60. The molecule has 0 aliphatic heterocycles. The molecule has 0 fully saturated rings. The Bertz CT molecular complexity index is 310. The molecule has 0 heterocycles. The van der Waals surface area contributed by atoms with Gasteiger partial charge < -0.3 is 5.32 Å². The fraction of sp³-hybridized carbons (Fsp3) is 0.500. The summed E-state index contributed by atoms with van der Waals surface area (Å²) < 4.78 is 13.3. The van der Waals surface area contributed by atoms with Crippen LogP contribution in [-0.4, -0.2) is 6.54 Å². The van der Waals surface area contributed by atoms with Crippen molar-refractivity contribution in [3.8, 4) is 0 Å². The van der Waals surface area contributed by atoms with Gasteiger partial charge in [-0.3, -0.25) is 0 Å².